The van der Waals surface area contributed by atoms with E-state index in [-0.39, 0.29) is 12.4 Å². The predicted octanol–water partition coefficient (Wildman–Crippen LogP) is 4.74. The Bertz CT molecular complexity index is 746. The highest BCUT2D eigenvalue weighted by Crippen LogP contribution is 2.40. The number of benzene rings is 1. The molecule has 1 unspecified atom stereocenters. The smallest absolute Gasteiger partial charge is 0.443 e. The summed E-state index contributed by atoms with van der Waals surface area (Å²) >= 11 is 12.2. The van der Waals surface area contributed by atoms with E-state index in [2.05, 4.69) is 12.2 Å². The molecule has 0 aromatic heterocycles. The third kappa shape index (κ3) is 12.0. The zero-order chi connectivity index (χ0) is 22.4. The van der Waals surface area contributed by atoms with Crippen molar-refractivity contribution in [1.29, 1.82) is 0 Å². The van der Waals surface area contributed by atoms with Crippen molar-refractivity contribution in [2.45, 2.75) is 43.9 Å². The van der Waals surface area contributed by atoms with Gasteiger partial charge in [-0.25, -0.2) is 9.63 Å². The van der Waals surface area contributed by atoms with Crippen LogP contribution in [0, 0.1) is 0 Å². The van der Waals surface area contributed by atoms with Crippen molar-refractivity contribution >= 4 is 54.0 Å². The minimum Gasteiger partial charge on any atom is -0.443 e. The van der Waals surface area contributed by atoms with Crippen molar-refractivity contribution in [2.24, 2.45) is 0 Å². The molecule has 0 saturated heterocycles. The van der Waals surface area contributed by atoms with E-state index in [0.29, 0.717) is 18.8 Å². The van der Waals surface area contributed by atoms with E-state index in [4.69, 9.17) is 37.6 Å². The number of rotatable bonds is 14. The Balaban J connectivity index is 2.95. The van der Waals surface area contributed by atoms with Gasteiger partial charge in [0, 0.05) is 29.5 Å². The van der Waals surface area contributed by atoms with Gasteiger partial charge in [-0.15, -0.1) is 28.2 Å². The Labute approximate surface area is 193 Å². The van der Waals surface area contributed by atoms with Gasteiger partial charge in [0.2, 0.25) is 11.4 Å². The molecule has 0 fully saturated rings. The summed E-state index contributed by atoms with van der Waals surface area (Å²) in [7, 11) is 0. The van der Waals surface area contributed by atoms with Gasteiger partial charge in [-0.1, -0.05) is 19.8 Å². The first-order valence-electron chi connectivity index (χ1n) is 9.73. The molecule has 0 aliphatic rings. The number of thioether (sulfide) groups is 1. The van der Waals surface area contributed by atoms with E-state index in [0.717, 1.165) is 41.0 Å². The molecule has 0 saturated carbocycles. The topological polar surface area (TPSA) is 80.0 Å². The minimum atomic E-state index is -2.89. The number of hydrogen-bond donors (Lipinski definition) is 2. The Morgan fingerprint density at radius 1 is 1.40 bits per heavy atom. The monoisotopic (exact) mass is 497 g/mol. The highest BCUT2D eigenvalue weighted by atomic mass is 35.5. The van der Waals surface area contributed by atoms with Gasteiger partial charge in [0.1, 0.15) is 5.75 Å². The fourth-order valence-corrected chi connectivity index (χ4v) is 3.69. The van der Waals surface area contributed by atoms with Crippen molar-refractivity contribution in [1.82, 2.24) is 5.32 Å². The zero-order valence-electron chi connectivity index (χ0n) is 17.6. The molecule has 0 heterocycles. The van der Waals surface area contributed by atoms with Crippen LogP contribution in [0.3, 0.4) is 0 Å². The molecule has 30 heavy (non-hydrogen) atoms. The highest BCUT2D eigenvalue weighted by molar-refractivity contribution is 8.09. The Hall–Kier alpha value is -0.990. The Morgan fingerprint density at radius 2 is 2.17 bits per heavy atom. The lowest BCUT2D eigenvalue weighted by Crippen LogP contribution is -2.31. The number of carbonyl (C=O) groups is 1. The van der Waals surface area contributed by atoms with E-state index in [1.807, 2.05) is 18.4 Å². The lowest BCUT2D eigenvalue weighted by Gasteiger charge is -2.15. The maximum absolute atomic E-state index is 11.9. The molecule has 2 N–H and O–H groups in total. The SMILES string of the molecule is CCCCCCO[N+](=CCc1cc(SC)ccc1OP(C)(O)=S)OC(=O)NCCCl. The zero-order valence-corrected chi connectivity index (χ0v) is 20.9. The average Bonchev–Trinajstić information content (AvgIpc) is 2.69. The van der Waals surface area contributed by atoms with Gasteiger partial charge in [0.05, 0.1) is 6.42 Å². The number of hydrogen-bond acceptors (Lipinski definition) is 6. The van der Waals surface area contributed by atoms with Crippen molar-refractivity contribution < 1.29 is 28.8 Å². The van der Waals surface area contributed by atoms with E-state index in [9.17, 15) is 9.69 Å². The first-order chi connectivity index (χ1) is 14.3. The molecule has 11 heteroatoms. The van der Waals surface area contributed by atoms with Gasteiger partial charge in [0.25, 0.3) is 6.21 Å². The predicted molar refractivity (Wildman–Crippen MR) is 127 cm³/mol. The molecule has 0 radical (unpaired) electrons. The van der Waals surface area contributed by atoms with E-state index < -0.39 is 12.6 Å². The fraction of sp³-hybridized carbons (Fsp3) is 0.579. The standard InChI is InChI=1S/C19H30ClN2O5PS2/c1-4-5-6-7-14-25-22(26-19(23)21-12-11-20)13-10-16-15-17(30-3)8-9-18(16)27-28(2,24)29/h8-9,13,15H,4-7,10-12,14H2,1-3H3,(H-,21,23,24,29)/p+1. The van der Waals surface area contributed by atoms with Gasteiger partial charge in [-0.2, -0.15) is 0 Å². The first-order valence-corrected chi connectivity index (χ1v) is 14.6. The number of amides is 1. The fourth-order valence-electron chi connectivity index (χ4n) is 2.35. The third-order valence-corrected chi connectivity index (χ3v) is 5.42. The highest BCUT2D eigenvalue weighted by Gasteiger charge is 2.18. The summed E-state index contributed by atoms with van der Waals surface area (Å²) in [5.41, 5.74) is 0.788. The van der Waals surface area contributed by atoms with Crippen molar-refractivity contribution in [2.75, 3.05) is 32.0 Å². The molecule has 7 nitrogen and oxygen atoms in total. The number of unbranched alkanes of at least 4 members (excludes halogenated alkanes) is 3. The number of carbonyl (C=O) groups excluding carboxylic acids is 1. The lowest BCUT2D eigenvalue weighted by atomic mass is 10.1. The summed E-state index contributed by atoms with van der Waals surface area (Å²) in [4.78, 5) is 34.8. The van der Waals surface area contributed by atoms with Crippen LogP contribution in [0.5, 0.6) is 5.75 Å². The molecule has 0 aliphatic heterocycles. The van der Waals surface area contributed by atoms with Crippen LogP contribution in [0.4, 0.5) is 4.79 Å². The summed E-state index contributed by atoms with van der Waals surface area (Å²) in [6.45, 7) is 1.44. The van der Waals surface area contributed by atoms with Crippen LogP contribution in [-0.4, -0.2) is 54.1 Å². The Kier molecular flexibility index (Phi) is 13.4. The quantitative estimate of drug-likeness (QED) is 0.0731. The van der Waals surface area contributed by atoms with E-state index in [1.165, 1.54) is 6.66 Å². The second kappa shape index (κ2) is 14.9. The molecule has 1 atom stereocenters. The molecule has 1 amide bonds. The number of halogens is 1. The molecular formula is C19H31ClN2O5PS2+. The van der Waals surface area contributed by atoms with Gasteiger partial charge in [-0.3, -0.25) is 0 Å². The minimum absolute atomic E-state index is 0.281. The van der Waals surface area contributed by atoms with Crippen LogP contribution in [0.2, 0.25) is 0 Å². The molecule has 170 valence electrons. The van der Waals surface area contributed by atoms with E-state index in [1.54, 1.807) is 24.0 Å². The molecule has 1 aromatic rings. The number of nitrogens with one attached hydrogen (secondary N) is 1. The van der Waals surface area contributed by atoms with Crippen molar-refractivity contribution in [3.63, 3.8) is 0 Å². The molecule has 0 spiro atoms. The van der Waals surface area contributed by atoms with Crippen LogP contribution in [0.25, 0.3) is 0 Å². The summed E-state index contributed by atoms with van der Waals surface area (Å²) in [6, 6.07) is 5.61. The average molecular weight is 498 g/mol. The second-order valence-electron chi connectivity index (χ2n) is 6.43. The van der Waals surface area contributed by atoms with Gasteiger partial charge in [-0.05, 0) is 49.1 Å². The molecule has 0 aliphatic carbocycles. The number of nitrogens with zero attached hydrogens (tertiary/aromatic N) is 1. The molecule has 1 aromatic carbocycles. The summed E-state index contributed by atoms with van der Waals surface area (Å²) < 4.78 is 5.58. The second-order valence-corrected chi connectivity index (χ2v) is 11.5. The van der Waals surface area contributed by atoms with Crippen molar-refractivity contribution in [3.8, 4) is 5.75 Å². The van der Waals surface area contributed by atoms with Crippen LogP contribution in [0.1, 0.15) is 38.2 Å². The van der Waals surface area contributed by atoms with Crippen LogP contribution in [0.15, 0.2) is 23.1 Å². The number of alkyl halides is 1. The van der Waals surface area contributed by atoms with Gasteiger partial charge >= 0.3 is 6.09 Å². The molecular weight excluding hydrogens is 467 g/mol. The van der Waals surface area contributed by atoms with E-state index >= 15 is 0 Å². The van der Waals surface area contributed by atoms with Gasteiger partial charge in [0.15, 0.2) is 6.61 Å². The molecule has 1 rings (SSSR count). The van der Waals surface area contributed by atoms with Gasteiger partial charge < -0.3 is 14.7 Å². The lowest BCUT2D eigenvalue weighted by molar-refractivity contribution is -0.947. The normalized spacial score (nSPS) is 13.4. The maximum Gasteiger partial charge on any atom is 0.481 e. The first kappa shape index (κ1) is 27.0. The largest absolute Gasteiger partial charge is 0.481 e. The molecule has 0 bridgehead atoms. The van der Waals surface area contributed by atoms with Crippen LogP contribution >= 0.6 is 29.9 Å². The maximum atomic E-state index is 11.9. The van der Waals surface area contributed by atoms with Crippen molar-refractivity contribution in [3.05, 3.63) is 23.8 Å². The summed E-state index contributed by atoms with van der Waals surface area (Å²) in [5.74, 6) is 0.773. The summed E-state index contributed by atoms with van der Waals surface area (Å²) in [5, 5.41) is 2.53. The van der Waals surface area contributed by atoms with Crippen LogP contribution in [-0.2, 0) is 27.9 Å². The van der Waals surface area contributed by atoms with Crippen LogP contribution < -0.4 is 9.84 Å². The summed E-state index contributed by atoms with van der Waals surface area (Å²) in [6.07, 6.45) is 7.38. The Morgan fingerprint density at radius 3 is 2.80 bits per heavy atom. The third-order valence-electron chi connectivity index (χ3n) is 3.75.